The monoisotopic (exact) mass is 668 g/mol. The van der Waals surface area contributed by atoms with E-state index in [0.29, 0.717) is 31.6 Å². The number of benzene rings is 3. The smallest absolute Gasteiger partial charge is 0.264 e. The molecule has 0 bridgehead atoms. The number of aliphatic imine (C=N–C) groups is 1. The van der Waals surface area contributed by atoms with Gasteiger partial charge in [-0.15, -0.1) is 0 Å². The lowest BCUT2D eigenvalue weighted by atomic mass is 10.1. The van der Waals surface area contributed by atoms with E-state index in [1.807, 2.05) is 32.0 Å². The van der Waals surface area contributed by atoms with Crippen LogP contribution in [0.15, 0.2) is 61.3 Å². The van der Waals surface area contributed by atoms with E-state index in [2.05, 4.69) is 42.2 Å². The number of halogens is 4. The Morgan fingerprint density at radius 1 is 1.06 bits per heavy atom. The van der Waals surface area contributed by atoms with Crippen LogP contribution in [0.1, 0.15) is 22.3 Å². The van der Waals surface area contributed by atoms with Crippen molar-refractivity contribution in [1.82, 2.24) is 5.32 Å². The van der Waals surface area contributed by atoms with E-state index in [1.54, 1.807) is 37.5 Å². The third-order valence-electron chi connectivity index (χ3n) is 5.27. The van der Waals surface area contributed by atoms with Crippen molar-refractivity contribution in [1.29, 1.82) is 0 Å². The molecular weight excluding hydrogens is 651 g/mol. The summed E-state index contributed by atoms with van der Waals surface area (Å²) < 4.78 is 13.3. The summed E-state index contributed by atoms with van der Waals surface area (Å²) in [6, 6.07) is 12.8. The van der Waals surface area contributed by atoms with Gasteiger partial charge in [0.1, 0.15) is 6.61 Å². The second-order valence-corrected chi connectivity index (χ2v) is 11.4. The Hall–Kier alpha value is -1.97. The second-order valence-electron chi connectivity index (χ2n) is 7.92. The van der Waals surface area contributed by atoms with Crippen LogP contribution in [0.3, 0.4) is 0 Å². The van der Waals surface area contributed by atoms with Gasteiger partial charge in [-0.25, -0.2) is 4.99 Å². The highest BCUT2D eigenvalue weighted by atomic mass is 79.9. The molecular formula is C26H20Br2Cl2N2O3S. The van der Waals surface area contributed by atoms with Crippen LogP contribution < -0.4 is 14.8 Å². The third kappa shape index (κ3) is 6.29. The Kier molecular flexibility index (Phi) is 8.73. The molecule has 3 aromatic carbocycles. The van der Waals surface area contributed by atoms with E-state index in [4.69, 9.17) is 32.7 Å². The Bertz CT molecular complexity index is 1400. The minimum Gasteiger partial charge on any atom is -0.493 e. The number of rotatable bonds is 6. The fourth-order valence-electron chi connectivity index (χ4n) is 3.45. The lowest BCUT2D eigenvalue weighted by Crippen LogP contribution is -2.19. The highest BCUT2D eigenvalue weighted by Crippen LogP contribution is 2.38. The molecule has 1 aliphatic rings. The van der Waals surface area contributed by atoms with Crippen LogP contribution >= 0.6 is 66.8 Å². The Labute approximate surface area is 240 Å². The molecule has 0 unspecified atom stereocenters. The maximum atomic E-state index is 12.6. The lowest BCUT2D eigenvalue weighted by molar-refractivity contribution is -0.115. The van der Waals surface area contributed by atoms with Crippen molar-refractivity contribution in [3.05, 3.63) is 88.6 Å². The molecule has 1 amide bonds. The SMILES string of the molecule is COc1cc(/C=C2\SC(=Nc3cc(C)c(Br)c(C)c3)NC2=O)c(Br)cc1OCc1ccc(Cl)cc1Cl. The molecule has 36 heavy (non-hydrogen) atoms. The van der Waals surface area contributed by atoms with Crippen molar-refractivity contribution in [3.63, 3.8) is 0 Å². The van der Waals surface area contributed by atoms with Crippen molar-refractivity contribution >= 4 is 89.7 Å². The summed E-state index contributed by atoms with van der Waals surface area (Å²) in [6.45, 7) is 4.26. The maximum Gasteiger partial charge on any atom is 0.264 e. The number of thioether (sulfide) groups is 1. The van der Waals surface area contributed by atoms with E-state index in [-0.39, 0.29) is 12.5 Å². The van der Waals surface area contributed by atoms with Gasteiger partial charge in [-0.05, 0) is 84.8 Å². The van der Waals surface area contributed by atoms with Crippen LogP contribution in [0.4, 0.5) is 5.69 Å². The van der Waals surface area contributed by atoms with Crippen LogP contribution in [-0.2, 0) is 11.4 Å². The van der Waals surface area contributed by atoms with Gasteiger partial charge < -0.3 is 14.8 Å². The minimum atomic E-state index is -0.215. The molecule has 1 N–H and O–H groups in total. The zero-order valence-electron chi connectivity index (χ0n) is 19.4. The molecule has 0 aliphatic carbocycles. The molecule has 1 heterocycles. The Balaban J connectivity index is 1.55. The molecule has 10 heteroatoms. The summed E-state index contributed by atoms with van der Waals surface area (Å²) in [5.74, 6) is 0.838. The van der Waals surface area contributed by atoms with Gasteiger partial charge >= 0.3 is 0 Å². The number of carbonyl (C=O) groups is 1. The molecule has 1 aliphatic heterocycles. The lowest BCUT2D eigenvalue weighted by Gasteiger charge is -2.14. The molecule has 0 atom stereocenters. The molecule has 0 saturated carbocycles. The van der Waals surface area contributed by atoms with Crippen LogP contribution in [0, 0.1) is 13.8 Å². The number of hydrogen-bond acceptors (Lipinski definition) is 5. The molecule has 0 aromatic heterocycles. The number of nitrogens with one attached hydrogen (secondary N) is 1. The Morgan fingerprint density at radius 3 is 2.44 bits per heavy atom. The van der Waals surface area contributed by atoms with Gasteiger partial charge in [0, 0.05) is 24.6 Å². The van der Waals surface area contributed by atoms with Crippen molar-refractivity contribution < 1.29 is 14.3 Å². The number of methoxy groups -OCH3 is 1. The average molecular weight is 671 g/mol. The van der Waals surface area contributed by atoms with Crippen molar-refractivity contribution in [3.8, 4) is 11.5 Å². The summed E-state index contributed by atoms with van der Waals surface area (Å²) in [5.41, 5.74) is 4.50. The van der Waals surface area contributed by atoms with Crippen LogP contribution in [-0.4, -0.2) is 18.2 Å². The molecule has 1 fully saturated rings. The number of hydrogen-bond donors (Lipinski definition) is 1. The van der Waals surface area contributed by atoms with E-state index in [9.17, 15) is 4.79 Å². The highest BCUT2D eigenvalue weighted by molar-refractivity contribution is 9.10. The maximum absolute atomic E-state index is 12.6. The summed E-state index contributed by atoms with van der Waals surface area (Å²) >= 11 is 20.7. The topological polar surface area (TPSA) is 59.9 Å². The number of carbonyl (C=O) groups excluding carboxylic acids is 1. The fourth-order valence-corrected chi connectivity index (χ4v) is 5.42. The minimum absolute atomic E-state index is 0.215. The summed E-state index contributed by atoms with van der Waals surface area (Å²) in [4.78, 5) is 17.8. The van der Waals surface area contributed by atoms with Crippen molar-refractivity contribution in [2.75, 3.05) is 7.11 Å². The van der Waals surface area contributed by atoms with Gasteiger partial charge in [0.15, 0.2) is 16.7 Å². The van der Waals surface area contributed by atoms with Gasteiger partial charge in [0.2, 0.25) is 0 Å². The first-order valence-electron chi connectivity index (χ1n) is 10.6. The average Bonchev–Trinajstić information content (AvgIpc) is 3.16. The number of aryl methyl sites for hydroxylation is 2. The van der Waals surface area contributed by atoms with Crippen LogP contribution in [0.25, 0.3) is 6.08 Å². The first kappa shape index (κ1) is 27.1. The van der Waals surface area contributed by atoms with Gasteiger partial charge in [-0.2, -0.15) is 0 Å². The van der Waals surface area contributed by atoms with Crippen molar-refractivity contribution in [2.24, 2.45) is 4.99 Å². The second kappa shape index (κ2) is 11.6. The third-order valence-corrected chi connectivity index (χ3v) is 8.70. The number of ether oxygens (including phenoxy) is 2. The number of nitrogens with zero attached hydrogens (tertiary/aromatic N) is 1. The van der Waals surface area contributed by atoms with Gasteiger partial charge in [0.05, 0.1) is 17.7 Å². The first-order valence-corrected chi connectivity index (χ1v) is 13.8. The zero-order valence-corrected chi connectivity index (χ0v) is 24.9. The van der Waals surface area contributed by atoms with Gasteiger partial charge in [0.25, 0.3) is 5.91 Å². The highest BCUT2D eigenvalue weighted by Gasteiger charge is 2.24. The van der Waals surface area contributed by atoms with E-state index in [1.165, 1.54) is 11.8 Å². The predicted octanol–water partition coefficient (Wildman–Crippen LogP) is 8.61. The standard InChI is InChI=1S/C26H20Br2Cl2N2O3S/c1-13-6-18(7-14(2)24(13)28)31-26-32-25(33)23(36-26)9-16-8-21(34-3)22(11-19(16)27)35-12-15-4-5-17(29)10-20(15)30/h4-11H,12H2,1-3H3,(H,31,32,33)/b23-9-. The molecule has 3 aromatic rings. The molecule has 5 nitrogen and oxygen atoms in total. The van der Waals surface area contributed by atoms with Crippen LogP contribution in [0.5, 0.6) is 11.5 Å². The Morgan fingerprint density at radius 2 is 1.78 bits per heavy atom. The molecule has 0 spiro atoms. The molecule has 4 rings (SSSR count). The van der Waals surface area contributed by atoms with E-state index < -0.39 is 0 Å². The van der Waals surface area contributed by atoms with Gasteiger partial charge in [-0.1, -0.05) is 61.1 Å². The quantitative estimate of drug-likeness (QED) is 0.267. The number of amidine groups is 1. The summed E-state index contributed by atoms with van der Waals surface area (Å²) in [5, 5.41) is 4.44. The summed E-state index contributed by atoms with van der Waals surface area (Å²) in [7, 11) is 1.56. The molecule has 186 valence electrons. The zero-order chi connectivity index (χ0) is 26.0. The molecule has 0 radical (unpaired) electrons. The van der Waals surface area contributed by atoms with Crippen molar-refractivity contribution in [2.45, 2.75) is 20.5 Å². The molecule has 1 saturated heterocycles. The number of amides is 1. The van der Waals surface area contributed by atoms with E-state index >= 15 is 0 Å². The van der Waals surface area contributed by atoms with Gasteiger partial charge in [-0.3, -0.25) is 4.79 Å². The van der Waals surface area contributed by atoms with E-state index in [0.717, 1.165) is 36.9 Å². The normalized spacial score (nSPS) is 15.5. The van der Waals surface area contributed by atoms with Crippen LogP contribution in [0.2, 0.25) is 10.0 Å². The fraction of sp³-hybridized carbons (Fsp3) is 0.154. The first-order chi connectivity index (χ1) is 17.1. The summed E-state index contributed by atoms with van der Waals surface area (Å²) in [6.07, 6.45) is 1.78. The predicted molar refractivity (Wildman–Crippen MR) is 156 cm³/mol. The largest absolute Gasteiger partial charge is 0.493 e.